The van der Waals surface area contributed by atoms with Crippen LogP contribution in [0.1, 0.15) is 43.5 Å². The fraction of sp³-hybridized carbons (Fsp3) is 0.625. The van der Waals surface area contributed by atoms with Crippen LogP contribution in [-0.2, 0) is 0 Å². The number of hydrogen-bond donors (Lipinski definition) is 0. The van der Waals surface area contributed by atoms with Crippen LogP contribution in [0.15, 0.2) is 22.7 Å². The highest BCUT2D eigenvalue weighted by atomic mass is 79.9. The SMILES string of the molecule is CCCOc1ccc(C(Cl)C2CC3CC3C2)cc1Br. The summed E-state index contributed by atoms with van der Waals surface area (Å²) in [5.74, 6) is 3.56. The second kappa shape index (κ2) is 5.65. The molecule has 3 heteroatoms. The lowest BCUT2D eigenvalue weighted by Gasteiger charge is -2.20. The molecule has 0 heterocycles. The normalized spacial score (nSPS) is 29.9. The van der Waals surface area contributed by atoms with Crippen molar-refractivity contribution in [3.63, 3.8) is 0 Å². The molecule has 0 saturated heterocycles. The molecule has 3 unspecified atom stereocenters. The topological polar surface area (TPSA) is 9.23 Å². The van der Waals surface area contributed by atoms with Gasteiger partial charge in [0.15, 0.2) is 0 Å². The first-order valence-electron chi connectivity index (χ1n) is 7.25. The van der Waals surface area contributed by atoms with Crippen molar-refractivity contribution in [3.05, 3.63) is 28.2 Å². The van der Waals surface area contributed by atoms with Gasteiger partial charge in [-0.05, 0) is 77.1 Å². The molecular weight excluding hydrogens is 324 g/mol. The van der Waals surface area contributed by atoms with E-state index < -0.39 is 0 Å². The molecule has 0 radical (unpaired) electrons. The lowest BCUT2D eigenvalue weighted by molar-refractivity contribution is 0.315. The van der Waals surface area contributed by atoms with E-state index in [-0.39, 0.29) is 5.38 Å². The summed E-state index contributed by atoms with van der Waals surface area (Å²) in [7, 11) is 0. The molecule has 1 aromatic rings. The third-order valence-corrected chi connectivity index (χ3v) is 5.66. The molecule has 2 saturated carbocycles. The largest absolute Gasteiger partial charge is 0.492 e. The molecule has 0 N–H and O–H groups in total. The molecule has 104 valence electrons. The molecule has 3 atom stereocenters. The van der Waals surface area contributed by atoms with Crippen LogP contribution in [0, 0.1) is 17.8 Å². The highest BCUT2D eigenvalue weighted by Gasteiger charge is 2.47. The minimum atomic E-state index is 0.157. The first-order valence-corrected chi connectivity index (χ1v) is 8.48. The smallest absolute Gasteiger partial charge is 0.133 e. The van der Waals surface area contributed by atoms with E-state index in [0.29, 0.717) is 5.92 Å². The number of ether oxygens (including phenoxy) is 1. The predicted molar refractivity (Wildman–Crippen MR) is 82.8 cm³/mol. The van der Waals surface area contributed by atoms with E-state index in [1.807, 2.05) is 6.07 Å². The van der Waals surface area contributed by atoms with Gasteiger partial charge in [-0.3, -0.25) is 0 Å². The van der Waals surface area contributed by atoms with Crippen molar-refractivity contribution in [1.82, 2.24) is 0 Å². The third-order valence-electron chi connectivity index (χ3n) is 4.43. The highest BCUT2D eigenvalue weighted by molar-refractivity contribution is 9.10. The second-order valence-corrected chi connectivity index (χ2v) is 7.25. The number of halogens is 2. The summed E-state index contributed by atoms with van der Waals surface area (Å²) in [4.78, 5) is 0. The van der Waals surface area contributed by atoms with E-state index >= 15 is 0 Å². The van der Waals surface area contributed by atoms with Crippen LogP contribution in [0.25, 0.3) is 0 Å². The Bertz CT molecular complexity index is 452. The van der Waals surface area contributed by atoms with Crippen LogP contribution in [0.4, 0.5) is 0 Å². The molecule has 0 aromatic heterocycles. The van der Waals surface area contributed by atoms with Gasteiger partial charge in [-0.2, -0.15) is 0 Å². The van der Waals surface area contributed by atoms with Gasteiger partial charge in [0.25, 0.3) is 0 Å². The Morgan fingerprint density at radius 2 is 2.05 bits per heavy atom. The first-order chi connectivity index (χ1) is 9.19. The monoisotopic (exact) mass is 342 g/mol. The van der Waals surface area contributed by atoms with Crippen molar-refractivity contribution in [2.45, 2.75) is 38.0 Å². The summed E-state index contributed by atoms with van der Waals surface area (Å²) in [6, 6.07) is 6.30. The second-order valence-electron chi connectivity index (χ2n) is 5.93. The number of alkyl halides is 1. The number of benzene rings is 1. The molecule has 0 aliphatic heterocycles. The van der Waals surface area contributed by atoms with Crippen LogP contribution in [-0.4, -0.2) is 6.61 Å². The van der Waals surface area contributed by atoms with E-state index in [0.717, 1.165) is 35.1 Å². The van der Waals surface area contributed by atoms with E-state index in [2.05, 4.69) is 35.0 Å². The van der Waals surface area contributed by atoms with Gasteiger partial charge in [-0.15, -0.1) is 11.6 Å². The number of hydrogen-bond acceptors (Lipinski definition) is 1. The molecule has 3 rings (SSSR count). The summed E-state index contributed by atoms with van der Waals surface area (Å²) < 4.78 is 6.70. The zero-order valence-corrected chi connectivity index (χ0v) is 13.6. The highest BCUT2D eigenvalue weighted by Crippen LogP contribution is 2.58. The van der Waals surface area contributed by atoms with Crippen LogP contribution in [0.2, 0.25) is 0 Å². The zero-order valence-electron chi connectivity index (χ0n) is 11.2. The molecule has 0 spiro atoms. The third kappa shape index (κ3) is 2.95. The Hall–Kier alpha value is -0.210. The molecule has 1 nitrogen and oxygen atoms in total. The van der Waals surface area contributed by atoms with Crippen LogP contribution < -0.4 is 4.74 Å². The Labute approximate surface area is 128 Å². The summed E-state index contributed by atoms with van der Waals surface area (Å²) in [6.45, 7) is 2.87. The standard InChI is InChI=1S/C16H20BrClO/c1-2-5-19-15-4-3-10(9-14(15)17)16(18)13-7-11-6-12(11)8-13/h3-4,9,11-13,16H,2,5-8H2,1H3. The molecule has 1 aromatic carbocycles. The van der Waals surface area contributed by atoms with Gasteiger partial charge in [0, 0.05) is 0 Å². The average Bonchev–Trinajstić information content (AvgIpc) is 3.03. The minimum absolute atomic E-state index is 0.157. The summed E-state index contributed by atoms with van der Waals surface area (Å²) in [5, 5.41) is 0.157. The van der Waals surface area contributed by atoms with E-state index in [9.17, 15) is 0 Å². The van der Waals surface area contributed by atoms with Gasteiger partial charge in [0.1, 0.15) is 5.75 Å². The van der Waals surface area contributed by atoms with Crippen LogP contribution in [0.3, 0.4) is 0 Å². The van der Waals surface area contributed by atoms with Gasteiger partial charge in [0.2, 0.25) is 0 Å². The number of fused-ring (bicyclic) bond motifs is 1. The van der Waals surface area contributed by atoms with Gasteiger partial charge in [0.05, 0.1) is 16.5 Å². The Balaban J connectivity index is 1.68. The lowest BCUT2D eigenvalue weighted by Crippen LogP contribution is -2.06. The predicted octanol–water partition coefficient (Wildman–Crippen LogP) is 5.56. The lowest BCUT2D eigenvalue weighted by atomic mass is 9.94. The zero-order chi connectivity index (χ0) is 13.4. The van der Waals surface area contributed by atoms with E-state index in [1.54, 1.807) is 0 Å². The first kappa shape index (κ1) is 13.8. The Kier molecular flexibility index (Phi) is 4.09. The quantitative estimate of drug-likeness (QED) is 0.636. The van der Waals surface area contributed by atoms with Crippen LogP contribution in [0.5, 0.6) is 5.75 Å². The molecule has 19 heavy (non-hydrogen) atoms. The molecule has 0 bridgehead atoms. The van der Waals surface area contributed by atoms with Gasteiger partial charge < -0.3 is 4.74 Å². The van der Waals surface area contributed by atoms with Gasteiger partial charge in [-0.25, -0.2) is 0 Å². The Morgan fingerprint density at radius 3 is 2.68 bits per heavy atom. The maximum atomic E-state index is 6.67. The van der Waals surface area contributed by atoms with E-state index in [1.165, 1.54) is 24.8 Å². The molecule has 2 aliphatic carbocycles. The Morgan fingerprint density at radius 1 is 1.32 bits per heavy atom. The van der Waals surface area contributed by atoms with E-state index in [4.69, 9.17) is 16.3 Å². The minimum Gasteiger partial charge on any atom is -0.492 e. The summed E-state index contributed by atoms with van der Waals surface area (Å²) in [5.41, 5.74) is 1.23. The van der Waals surface area contributed by atoms with Gasteiger partial charge in [-0.1, -0.05) is 13.0 Å². The molecule has 2 aliphatic rings. The summed E-state index contributed by atoms with van der Waals surface area (Å²) in [6.07, 6.45) is 5.12. The van der Waals surface area contributed by atoms with Gasteiger partial charge >= 0.3 is 0 Å². The van der Waals surface area contributed by atoms with Crippen molar-refractivity contribution < 1.29 is 4.74 Å². The maximum absolute atomic E-state index is 6.67. The fourth-order valence-corrected chi connectivity index (χ4v) is 4.14. The van der Waals surface area contributed by atoms with Crippen LogP contribution >= 0.6 is 27.5 Å². The van der Waals surface area contributed by atoms with Crippen molar-refractivity contribution in [2.24, 2.45) is 17.8 Å². The summed E-state index contributed by atoms with van der Waals surface area (Å²) >= 11 is 10.3. The molecular formula is C16H20BrClO. The van der Waals surface area contributed by atoms with Crippen molar-refractivity contribution in [2.75, 3.05) is 6.61 Å². The van der Waals surface area contributed by atoms with Crippen molar-refractivity contribution in [1.29, 1.82) is 0 Å². The van der Waals surface area contributed by atoms with Crippen molar-refractivity contribution in [3.8, 4) is 5.75 Å². The fourth-order valence-electron chi connectivity index (χ4n) is 3.29. The average molecular weight is 344 g/mol. The maximum Gasteiger partial charge on any atom is 0.133 e. The molecule has 2 fully saturated rings. The molecule has 0 amide bonds. The number of rotatable bonds is 5. The van der Waals surface area contributed by atoms with Crippen molar-refractivity contribution >= 4 is 27.5 Å².